The zero-order chi connectivity index (χ0) is 16.8. The van der Waals surface area contributed by atoms with Crippen LogP contribution < -0.4 is 5.32 Å². The Bertz CT molecular complexity index is 685. The first-order chi connectivity index (χ1) is 11.7. The molecule has 1 aliphatic heterocycles. The summed E-state index contributed by atoms with van der Waals surface area (Å²) in [6, 6.07) is 19.6. The fourth-order valence-corrected chi connectivity index (χ4v) is 3.06. The van der Waals surface area contributed by atoms with Gasteiger partial charge in [-0.1, -0.05) is 60.7 Å². The van der Waals surface area contributed by atoms with Crippen molar-refractivity contribution >= 4 is 11.8 Å². The molecule has 3 rings (SSSR count). The van der Waals surface area contributed by atoms with Crippen LogP contribution in [0.1, 0.15) is 24.0 Å². The lowest BCUT2D eigenvalue weighted by Crippen LogP contribution is -2.57. The second-order valence-corrected chi connectivity index (χ2v) is 6.18. The van der Waals surface area contributed by atoms with Gasteiger partial charge in [-0.05, 0) is 30.4 Å². The lowest BCUT2D eigenvalue weighted by Gasteiger charge is -2.32. The Morgan fingerprint density at radius 1 is 0.917 bits per heavy atom. The summed E-state index contributed by atoms with van der Waals surface area (Å²) < 4.78 is 0. The molecule has 2 amide bonds. The van der Waals surface area contributed by atoms with Crippen LogP contribution in [-0.4, -0.2) is 29.3 Å². The normalized spacial score (nSPS) is 17.7. The molecular formula is C20H22N2O2. The molecule has 1 heterocycles. The van der Waals surface area contributed by atoms with Gasteiger partial charge in [0.2, 0.25) is 11.8 Å². The lowest BCUT2D eigenvalue weighted by molar-refractivity contribution is -0.145. The van der Waals surface area contributed by atoms with E-state index in [1.807, 2.05) is 48.5 Å². The monoisotopic (exact) mass is 322 g/mol. The third kappa shape index (κ3) is 4.22. The van der Waals surface area contributed by atoms with Crippen molar-refractivity contribution in [3.05, 3.63) is 71.8 Å². The fraction of sp³-hybridized carbons (Fsp3) is 0.300. The quantitative estimate of drug-likeness (QED) is 0.888. The Morgan fingerprint density at radius 2 is 1.54 bits per heavy atom. The molecule has 1 fully saturated rings. The van der Waals surface area contributed by atoms with Gasteiger partial charge in [-0.2, -0.15) is 0 Å². The van der Waals surface area contributed by atoms with Crippen molar-refractivity contribution < 1.29 is 9.59 Å². The van der Waals surface area contributed by atoms with E-state index in [4.69, 9.17) is 0 Å². The van der Waals surface area contributed by atoms with E-state index in [9.17, 15) is 9.59 Å². The topological polar surface area (TPSA) is 49.4 Å². The minimum absolute atomic E-state index is 0.0199. The molecule has 1 saturated heterocycles. The van der Waals surface area contributed by atoms with E-state index in [0.29, 0.717) is 13.0 Å². The standard InChI is InChI=1S/C20H22N2O2/c23-19-15-22(14-17-10-5-2-6-11-17)20(24)18(21-19)13-7-12-16-8-3-1-4-9-16/h1-6,8-11,18H,7,12-15H2,(H,21,23)/t18-/m0/s1. The number of benzene rings is 2. The maximum atomic E-state index is 12.6. The fourth-order valence-electron chi connectivity index (χ4n) is 3.06. The van der Waals surface area contributed by atoms with Crippen molar-refractivity contribution in [2.24, 2.45) is 0 Å². The van der Waals surface area contributed by atoms with Gasteiger partial charge < -0.3 is 10.2 Å². The zero-order valence-corrected chi connectivity index (χ0v) is 13.7. The van der Waals surface area contributed by atoms with Crippen molar-refractivity contribution in [2.75, 3.05) is 6.54 Å². The van der Waals surface area contributed by atoms with Crippen molar-refractivity contribution in [2.45, 2.75) is 31.8 Å². The number of nitrogens with zero attached hydrogens (tertiary/aromatic N) is 1. The van der Waals surface area contributed by atoms with Gasteiger partial charge in [0.15, 0.2) is 0 Å². The summed E-state index contributed by atoms with van der Waals surface area (Å²) in [6.07, 6.45) is 2.46. The number of aryl methyl sites for hydroxylation is 1. The van der Waals surface area contributed by atoms with Gasteiger partial charge in [-0.15, -0.1) is 0 Å². The Hall–Kier alpha value is -2.62. The number of amides is 2. The number of piperazine rings is 1. The highest BCUT2D eigenvalue weighted by molar-refractivity contribution is 5.94. The summed E-state index contributed by atoms with van der Waals surface area (Å²) in [7, 11) is 0. The van der Waals surface area contributed by atoms with Gasteiger partial charge in [0.05, 0.1) is 6.54 Å². The molecule has 1 N–H and O–H groups in total. The Morgan fingerprint density at radius 3 is 2.21 bits per heavy atom. The van der Waals surface area contributed by atoms with Crippen LogP contribution in [0.5, 0.6) is 0 Å². The van der Waals surface area contributed by atoms with Crippen molar-refractivity contribution in [3.8, 4) is 0 Å². The molecule has 0 spiro atoms. The summed E-state index contributed by atoms with van der Waals surface area (Å²) in [5, 5.41) is 2.84. The van der Waals surface area contributed by atoms with Crippen molar-refractivity contribution in [3.63, 3.8) is 0 Å². The van der Waals surface area contributed by atoms with E-state index in [0.717, 1.165) is 18.4 Å². The average molecular weight is 322 g/mol. The molecule has 0 unspecified atom stereocenters. The van der Waals surface area contributed by atoms with Gasteiger partial charge in [0.25, 0.3) is 0 Å². The summed E-state index contributed by atoms with van der Waals surface area (Å²) in [5.74, 6) is -0.0539. The molecule has 0 bridgehead atoms. The van der Waals surface area contributed by atoms with Crippen molar-refractivity contribution in [1.82, 2.24) is 10.2 Å². The van der Waals surface area contributed by atoms with Crippen LogP contribution in [0, 0.1) is 0 Å². The Labute approximate surface area is 142 Å². The maximum absolute atomic E-state index is 12.6. The maximum Gasteiger partial charge on any atom is 0.245 e. The highest BCUT2D eigenvalue weighted by atomic mass is 16.2. The first-order valence-corrected chi connectivity index (χ1v) is 8.38. The molecule has 0 aromatic heterocycles. The van der Waals surface area contributed by atoms with Gasteiger partial charge >= 0.3 is 0 Å². The third-order valence-corrected chi connectivity index (χ3v) is 4.30. The molecule has 2 aromatic rings. The molecule has 4 nitrogen and oxygen atoms in total. The number of carbonyl (C=O) groups excluding carboxylic acids is 2. The number of carbonyl (C=O) groups is 2. The number of rotatable bonds is 6. The first-order valence-electron chi connectivity index (χ1n) is 8.38. The molecule has 24 heavy (non-hydrogen) atoms. The van der Waals surface area contributed by atoms with Crippen LogP contribution in [0.25, 0.3) is 0 Å². The van der Waals surface area contributed by atoms with Crippen LogP contribution in [-0.2, 0) is 22.6 Å². The molecule has 0 saturated carbocycles. The third-order valence-electron chi connectivity index (χ3n) is 4.30. The SMILES string of the molecule is O=C1CN(Cc2ccccc2)C(=O)[C@H](CCCc2ccccc2)N1. The number of nitrogens with one attached hydrogen (secondary N) is 1. The number of hydrogen-bond donors (Lipinski definition) is 1. The van der Waals surface area contributed by atoms with E-state index < -0.39 is 6.04 Å². The molecule has 1 aliphatic rings. The smallest absolute Gasteiger partial charge is 0.245 e. The second kappa shape index (κ2) is 7.77. The van der Waals surface area contributed by atoms with E-state index in [2.05, 4.69) is 17.4 Å². The average Bonchev–Trinajstić information content (AvgIpc) is 2.60. The van der Waals surface area contributed by atoms with Gasteiger partial charge in [0, 0.05) is 6.54 Å². The van der Waals surface area contributed by atoms with Crippen LogP contribution in [0.15, 0.2) is 60.7 Å². The van der Waals surface area contributed by atoms with Crippen LogP contribution in [0.2, 0.25) is 0 Å². The highest BCUT2D eigenvalue weighted by Crippen LogP contribution is 2.14. The van der Waals surface area contributed by atoms with E-state index in [1.54, 1.807) is 4.90 Å². The van der Waals surface area contributed by atoms with Crippen LogP contribution in [0.3, 0.4) is 0 Å². The first kappa shape index (κ1) is 16.2. The minimum atomic E-state index is -0.404. The van der Waals surface area contributed by atoms with Gasteiger partial charge in [0.1, 0.15) is 6.04 Å². The van der Waals surface area contributed by atoms with Gasteiger partial charge in [-0.3, -0.25) is 9.59 Å². The summed E-state index contributed by atoms with van der Waals surface area (Å²) >= 11 is 0. The minimum Gasteiger partial charge on any atom is -0.343 e. The van der Waals surface area contributed by atoms with Crippen LogP contribution >= 0.6 is 0 Å². The molecule has 124 valence electrons. The van der Waals surface area contributed by atoms with Crippen LogP contribution in [0.4, 0.5) is 0 Å². The Kier molecular flexibility index (Phi) is 5.26. The summed E-state index contributed by atoms with van der Waals surface area (Å²) in [4.78, 5) is 26.2. The predicted molar refractivity (Wildman–Crippen MR) is 93.2 cm³/mol. The molecule has 1 atom stereocenters. The number of hydrogen-bond acceptors (Lipinski definition) is 2. The predicted octanol–water partition coefficient (Wildman–Crippen LogP) is 2.54. The zero-order valence-electron chi connectivity index (χ0n) is 13.7. The molecular weight excluding hydrogens is 300 g/mol. The lowest BCUT2D eigenvalue weighted by atomic mass is 10.0. The van der Waals surface area contributed by atoms with E-state index in [-0.39, 0.29) is 18.4 Å². The Balaban J connectivity index is 1.57. The van der Waals surface area contributed by atoms with E-state index in [1.165, 1.54) is 5.56 Å². The largest absolute Gasteiger partial charge is 0.343 e. The molecule has 2 aromatic carbocycles. The summed E-state index contributed by atoms with van der Waals surface area (Å²) in [5.41, 5.74) is 2.30. The highest BCUT2D eigenvalue weighted by Gasteiger charge is 2.31. The molecule has 0 aliphatic carbocycles. The van der Waals surface area contributed by atoms with Gasteiger partial charge in [-0.25, -0.2) is 0 Å². The molecule has 0 radical (unpaired) electrons. The molecule has 4 heteroatoms. The second-order valence-electron chi connectivity index (χ2n) is 6.18. The van der Waals surface area contributed by atoms with Crippen molar-refractivity contribution in [1.29, 1.82) is 0 Å². The summed E-state index contributed by atoms with van der Waals surface area (Å²) in [6.45, 7) is 0.630. The van der Waals surface area contributed by atoms with E-state index >= 15 is 0 Å².